The van der Waals surface area contributed by atoms with Crippen LogP contribution in [-0.2, 0) is 10.1 Å². The van der Waals surface area contributed by atoms with E-state index < -0.39 is 10.1 Å². The molecule has 0 aliphatic carbocycles. The fourth-order valence-electron chi connectivity index (χ4n) is 2.76. The Bertz CT molecular complexity index is 1420. The van der Waals surface area contributed by atoms with E-state index >= 15 is 0 Å². The molecule has 0 bridgehead atoms. The summed E-state index contributed by atoms with van der Waals surface area (Å²) in [6.45, 7) is 0. The molecule has 0 fully saturated rings. The number of rotatable bonds is 5. The van der Waals surface area contributed by atoms with Crippen molar-refractivity contribution in [3.63, 3.8) is 0 Å². The van der Waals surface area contributed by atoms with E-state index in [0.29, 0.717) is 21.1 Å². The van der Waals surface area contributed by atoms with Crippen molar-refractivity contribution in [2.45, 2.75) is 4.90 Å². The van der Waals surface area contributed by atoms with Gasteiger partial charge >= 0.3 is 10.1 Å². The predicted molar refractivity (Wildman–Crippen MR) is 118 cm³/mol. The molecule has 0 amide bonds. The van der Waals surface area contributed by atoms with Crippen LogP contribution in [0, 0.1) is 11.3 Å². The van der Waals surface area contributed by atoms with Gasteiger partial charge in [0.25, 0.3) is 0 Å². The van der Waals surface area contributed by atoms with Gasteiger partial charge in [-0.2, -0.15) is 13.7 Å². The molecule has 4 rings (SSSR count). The van der Waals surface area contributed by atoms with Crippen molar-refractivity contribution in [2.75, 3.05) is 0 Å². The number of para-hydroxylation sites is 2. The summed E-state index contributed by atoms with van der Waals surface area (Å²) in [5.74, 6) is 0.0818. The minimum Gasteiger partial charge on any atom is -0.435 e. The molecule has 0 N–H and O–H groups in total. The average Bonchev–Trinajstić information content (AvgIpc) is 3.18. The molecular formula is C22H12Cl2N2O4S. The lowest BCUT2D eigenvalue weighted by atomic mass is 10.1. The first-order chi connectivity index (χ1) is 14.9. The van der Waals surface area contributed by atoms with Gasteiger partial charge in [0.2, 0.25) is 5.89 Å². The normalized spacial score (nSPS) is 12.0. The van der Waals surface area contributed by atoms with Crippen LogP contribution in [0.15, 0.2) is 76.0 Å². The lowest BCUT2D eigenvalue weighted by molar-refractivity contribution is 0.485. The molecule has 0 aliphatic heterocycles. The Balaban J connectivity index is 1.75. The number of oxazole rings is 1. The number of fused-ring (bicyclic) bond motifs is 1. The number of nitrogens with zero attached hydrogens (tertiary/aromatic N) is 2. The summed E-state index contributed by atoms with van der Waals surface area (Å²) < 4.78 is 36.3. The van der Waals surface area contributed by atoms with Crippen molar-refractivity contribution < 1.29 is 17.0 Å². The number of hydrogen-bond donors (Lipinski definition) is 0. The highest BCUT2D eigenvalue weighted by atomic mass is 35.5. The third kappa shape index (κ3) is 4.57. The fourth-order valence-corrected chi connectivity index (χ4v) is 4.02. The number of halogens is 2. The van der Waals surface area contributed by atoms with Crippen molar-refractivity contribution in [3.8, 4) is 11.8 Å². The topological polar surface area (TPSA) is 93.2 Å². The first-order valence-electron chi connectivity index (χ1n) is 8.83. The Kier molecular flexibility index (Phi) is 5.70. The molecular weight excluding hydrogens is 459 g/mol. The second-order valence-corrected chi connectivity index (χ2v) is 8.75. The summed E-state index contributed by atoms with van der Waals surface area (Å²) >= 11 is 11.9. The molecule has 0 aliphatic rings. The summed E-state index contributed by atoms with van der Waals surface area (Å²) in [6.07, 6.45) is 1.41. The summed E-state index contributed by atoms with van der Waals surface area (Å²) in [6, 6.07) is 19.0. The van der Waals surface area contributed by atoms with Crippen LogP contribution in [0.5, 0.6) is 5.75 Å². The van der Waals surface area contributed by atoms with Crippen LogP contribution in [-0.4, -0.2) is 13.4 Å². The molecule has 6 nitrogen and oxygen atoms in total. The molecule has 0 atom stereocenters. The first-order valence-corrected chi connectivity index (χ1v) is 11.0. The zero-order valence-electron chi connectivity index (χ0n) is 15.6. The van der Waals surface area contributed by atoms with Gasteiger partial charge in [0.05, 0.1) is 0 Å². The molecule has 4 aromatic rings. The van der Waals surface area contributed by atoms with Gasteiger partial charge in [-0.25, -0.2) is 4.98 Å². The molecule has 0 unspecified atom stereocenters. The Morgan fingerprint density at radius 1 is 1.03 bits per heavy atom. The van der Waals surface area contributed by atoms with E-state index in [1.807, 2.05) is 6.07 Å². The second kappa shape index (κ2) is 8.44. The van der Waals surface area contributed by atoms with E-state index in [9.17, 15) is 13.7 Å². The average molecular weight is 471 g/mol. The summed E-state index contributed by atoms with van der Waals surface area (Å²) in [5.41, 5.74) is 1.45. The monoisotopic (exact) mass is 470 g/mol. The minimum absolute atomic E-state index is 0.0109. The minimum atomic E-state index is -4.15. The largest absolute Gasteiger partial charge is 0.435 e. The van der Waals surface area contributed by atoms with E-state index in [2.05, 4.69) is 4.98 Å². The molecule has 0 saturated carbocycles. The van der Waals surface area contributed by atoms with Gasteiger partial charge in [0.15, 0.2) is 5.58 Å². The molecule has 3 aromatic carbocycles. The second-order valence-electron chi connectivity index (χ2n) is 6.33. The van der Waals surface area contributed by atoms with Crippen LogP contribution in [0.3, 0.4) is 0 Å². The van der Waals surface area contributed by atoms with Crippen LogP contribution < -0.4 is 4.18 Å². The first kappa shape index (κ1) is 20.9. The van der Waals surface area contributed by atoms with E-state index in [-0.39, 0.29) is 27.7 Å². The van der Waals surface area contributed by atoms with Gasteiger partial charge < -0.3 is 8.60 Å². The quantitative estimate of drug-likeness (QED) is 0.263. The molecule has 9 heteroatoms. The van der Waals surface area contributed by atoms with Crippen molar-refractivity contribution in [1.29, 1.82) is 5.26 Å². The maximum absolute atomic E-state index is 12.7. The third-order valence-corrected chi connectivity index (χ3v) is 5.95. The zero-order valence-corrected chi connectivity index (χ0v) is 17.9. The molecule has 154 valence electrons. The smallest absolute Gasteiger partial charge is 0.339 e. The summed E-state index contributed by atoms with van der Waals surface area (Å²) in [7, 11) is -4.15. The number of hydrogen-bond acceptors (Lipinski definition) is 6. The van der Waals surface area contributed by atoms with Gasteiger partial charge in [-0.3, -0.25) is 0 Å². The lowest BCUT2D eigenvalue weighted by Crippen LogP contribution is -2.10. The van der Waals surface area contributed by atoms with E-state index in [1.54, 1.807) is 24.3 Å². The Hall–Kier alpha value is -3.31. The van der Waals surface area contributed by atoms with Crippen LogP contribution in [0.2, 0.25) is 10.0 Å². The number of allylic oxidation sites excluding steroid dienone is 1. The van der Waals surface area contributed by atoms with Gasteiger partial charge in [0, 0.05) is 15.6 Å². The molecule has 31 heavy (non-hydrogen) atoms. The highest BCUT2D eigenvalue weighted by Crippen LogP contribution is 2.31. The van der Waals surface area contributed by atoms with E-state index in [1.165, 1.54) is 48.5 Å². The van der Waals surface area contributed by atoms with Crippen LogP contribution in [0.25, 0.3) is 22.7 Å². The van der Waals surface area contributed by atoms with Gasteiger partial charge in [-0.05, 0) is 60.7 Å². The molecule has 0 saturated heterocycles. The molecule has 1 aromatic heterocycles. The predicted octanol–water partition coefficient (Wildman–Crippen LogP) is 5.97. The van der Waals surface area contributed by atoms with Crippen LogP contribution in [0.1, 0.15) is 11.5 Å². The number of nitriles is 1. The Labute approximate surface area is 188 Å². The standard InChI is InChI=1S/C22H12Cl2N2O4S/c23-16-5-8-18(9-6-16)31(27,28)30-20-10-7-17(24)12-14(20)11-15(13-25)22-26-19-3-1-2-4-21(19)29-22/h1-12H/b15-11+. The van der Waals surface area contributed by atoms with E-state index in [4.69, 9.17) is 31.8 Å². The SMILES string of the molecule is N#C/C(=C\c1cc(Cl)ccc1OS(=O)(=O)c1ccc(Cl)cc1)c1nc2ccccc2o1. The van der Waals surface area contributed by atoms with Gasteiger partial charge in [-0.15, -0.1) is 0 Å². The van der Waals surface area contributed by atoms with Crippen molar-refractivity contribution in [1.82, 2.24) is 4.98 Å². The Morgan fingerprint density at radius 2 is 1.74 bits per heavy atom. The highest BCUT2D eigenvalue weighted by molar-refractivity contribution is 7.87. The maximum atomic E-state index is 12.7. The summed E-state index contributed by atoms with van der Waals surface area (Å²) in [4.78, 5) is 4.23. The van der Waals surface area contributed by atoms with Crippen molar-refractivity contribution >= 4 is 56.1 Å². The lowest BCUT2D eigenvalue weighted by Gasteiger charge is -2.10. The third-order valence-electron chi connectivity index (χ3n) is 4.22. The molecule has 1 heterocycles. The zero-order chi connectivity index (χ0) is 22.0. The maximum Gasteiger partial charge on any atom is 0.339 e. The Morgan fingerprint density at radius 3 is 2.45 bits per heavy atom. The van der Waals surface area contributed by atoms with Crippen molar-refractivity contribution in [2.24, 2.45) is 0 Å². The van der Waals surface area contributed by atoms with Crippen LogP contribution >= 0.6 is 23.2 Å². The van der Waals surface area contributed by atoms with Crippen LogP contribution in [0.4, 0.5) is 0 Å². The van der Waals surface area contributed by atoms with Crippen molar-refractivity contribution in [3.05, 3.63) is 88.2 Å². The molecule has 0 spiro atoms. The van der Waals surface area contributed by atoms with Gasteiger partial charge in [0.1, 0.15) is 27.8 Å². The highest BCUT2D eigenvalue weighted by Gasteiger charge is 2.19. The summed E-state index contributed by atoms with van der Waals surface area (Å²) in [5, 5.41) is 10.4. The van der Waals surface area contributed by atoms with Gasteiger partial charge in [-0.1, -0.05) is 35.3 Å². The number of benzene rings is 3. The molecule has 0 radical (unpaired) electrons. The number of aromatic nitrogens is 1. The fraction of sp³-hybridized carbons (Fsp3) is 0. The van der Waals surface area contributed by atoms with E-state index in [0.717, 1.165) is 0 Å².